The number of hydrogen-bond acceptors (Lipinski definition) is 3. The molecule has 0 aromatic heterocycles. The van der Waals surface area contributed by atoms with Crippen LogP contribution in [-0.4, -0.2) is 18.4 Å². The van der Waals surface area contributed by atoms with E-state index in [0.29, 0.717) is 12.1 Å². The maximum Gasteiger partial charge on any atom is 0.252 e. The third kappa shape index (κ3) is 3.22. The molecule has 0 radical (unpaired) electrons. The Morgan fingerprint density at radius 3 is 3.04 bits per heavy atom. The van der Waals surface area contributed by atoms with Gasteiger partial charge in [0, 0.05) is 12.1 Å². The minimum Gasteiger partial charge on any atom is -0.493 e. The van der Waals surface area contributed by atoms with E-state index in [1.165, 1.54) is 5.56 Å². The van der Waals surface area contributed by atoms with Gasteiger partial charge in [-0.25, -0.2) is 0 Å². The van der Waals surface area contributed by atoms with Crippen molar-refractivity contribution in [3.8, 4) is 5.75 Å². The quantitative estimate of drug-likeness (QED) is 0.901. The van der Waals surface area contributed by atoms with Crippen molar-refractivity contribution in [2.45, 2.75) is 31.8 Å². The van der Waals surface area contributed by atoms with Gasteiger partial charge in [0.15, 0.2) is 0 Å². The number of nitrogens with one attached hydrogen (secondary N) is 2. The van der Waals surface area contributed by atoms with Crippen molar-refractivity contribution in [2.75, 3.05) is 6.61 Å². The van der Waals surface area contributed by atoms with Crippen LogP contribution in [0.2, 0.25) is 0 Å². The molecule has 0 spiro atoms. The molecule has 0 saturated carbocycles. The molecule has 0 saturated heterocycles. The molecule has 25 heavy (non-hydrogen) atoms. The first-order valence-electron chi connectivity index (χ1n) is 8.62. The third-order valence-electron chi connectivity index (χ3n) is 4.74. The van der Waals surface area contributed by atoms with Gasteiger partial charge in [-0.15, -0.1) is 0 Å². The minimum atomic E-state index is -0.249. The number of ether oxygens (including phenoxy) is 1. The first-order chi connectivity index (χ1) is 12.2. The van der Waals surface area contributed by atoms with E-state index >= 15 is 0 Å². The summed E-state index contributed by atoms with van der Waals surface area (Å²) >= 11 is 0. The zero-order valence-corrected chi connectivity index (χ0v) is 13.9. The molecule has 2 amide bonds. The second-order valence-corrected chi connectivity index (χ2v) is 6.49. The lowest BCUT2D eigenvalue weighted by molar-refractivity contribution is -0.121. The normalized spacial score (nSPS) is 17.9. The Hall–Kier alpha value is -2.82. The van der Waals surface area contributed by atoms with Crippen LogP contribution in [0.5, 0.6) is 5.75 Å². The molecule has 4 rings (SSSR count). The minimum absolute atomic E-state index is 0.0732. The fourth-order valence-electron chi connectivity index (χ4n) is 3.46. The first kappa shape index (κ1) is 15.7. The Morgan fingerprint density at radius 2 is 2.12 bits per heavy atom. The van der Waals surface area contributed by atoms with E-state index in [9.17, 15) is 9.59 Å². The summed E-state index contributed by atoms with van der Waals surface area (Å²) in [6.45, 7) is 1.26. The summed E-state index contributed by atoms with van der Waals surface area (Å²) in [6.07, 6.45) is 2.29. The largest absolute Gasteiger partial charge is 0.493 e. The van der Waals surface area contributed by atoms with E-state index in [4.69, 9.17) is 4.74 Å². The monoisotopic (exact) mass is 336 g/mol. The summed E-state index contributed by atoms with van der Waals surface area (Å²) in [5, 5.41) is 5.82. The van der Waals surface area contributed by atoms with Crippen LogP contribution >= 0.6 is 0 Å². The van der Waals surface area contributed by atoms with E-state index in [1.807, 2.05) is 30.3 Å². The predicted molar refractivity (Wildman–Crippen MR) is 93.4 cm³/mol. The van der Waals surface area contributed by atoms with Crippen molar-refractivity contribution in [1.82, 2.24) is 10.6 Å². The van der Waals surface area contributed by atoms with E-state index in [0.717, 1.165) is 36.3 Å². The predicted octanol–water partition coefficient (Wildman–Crippen LogP) is 2.50. The van der Waals surface area contributed by atoms with Gasteiger partial charge in [0.05, 0.1) is 19.1 Å². The number of rotatable bonds is 4. The van der Waals surface area contributed by atoms with Gasteiger partial charge in [0.1, 0.15) is 5.75 Å². The van der Waals surface area contributed by atoms with E-state index in [-0.39, 0.29) is 24.3 Å². The molecule has 128 valence electrons. The fraction of sp³-hybridized carbons (Fsp3) is 0.300. The Kier molecular flexibility index (Phi) is 4.14. The fourth-order valence-corrected chi connectivity index (χ4v) is 3.46. The Morgan fingerprint density at radius 1 is 1.24 bits per heavy atom. The van der Waals surface area contributed by atoms with Crippen molar-refractivity contribution in [2.24, 2.45) is 0 Å². The molecule has 2 N–H and O–H groups in total. The molecule has 1 unspecified atom stereocenters. The zero-order valence-electron chi connectivity index (χ0n) is 13.9. The van der Waals surface area contributed by atoms with Crippen molar-refractivity contribution >= 4 is 11.8 Å². The van der Waals surface area contributed by atoms with Crippen LogP contribution in [0.15, 0.2) is 42.5 Å². The molecular weight excluding hydrogens is 316 g/mol. The van der Waals surface area contributed by atoms with Crippen LogP contribution in [0, 0.1) is 0 Å². The molecule has 2 aromatic carbocycles. The van der Waals surface area contributed by atoms with Crippen LogP contribution < -0.4 is 15.4 Å². The molecule has 0 aliphatic carbocycles. The number of hydrogen-bond donors (Lipinski definition) is 2. The maximum atomic E-state index is 12.3. The standard InChI is InChI=1S/C20H20N2O3/c23-19(11-17-15-5-1-2-6-16(15)20(24)22-17)21-12-13-7-8-18-14(10-13)4-3-9-25-18/h1-2,5-8,10,17H,3-4,9,11-12H2,(H,21,23)(H,22,24). The number of amides is 2. The molecule has 2 aliphatic rings. The van der Waals surface area contributed by atoms with Crippen molar-refractivity contribution in [1.29, 1.82) is 0 Å². The van der Waals surface area contributed by atoms with Crippen LogP contribution in [0.4, 0.5) is 0 Å². The maximum absolute atomic E-state index is 12.3. The number of fused-ring (bicyclic) bond motifs is 2. The Balaban J connectivity index is 1.36. The highest BCUT2D eigenvalue weighted by atomic mass is 16.5. The van der Waals surface area contributed by atoms with E-state index in [2.05, 4.69) is 16.7 Å². The Labute approximate surface area is 146 Å². The smallest absolute Gasteiger partial charge is 0.252 e. The average molecular weight is 336 g/mol. The number of carbonyl (C=O) groups excluding carboxylic acids is 2. The highest BCUT2D eigenvalue weighted by Gasteiger charge is 2.29. The van der Waals surface area contributed by atoms with E-state index < -0.39 is 0 Å². The summed E-state index contributed by atoms with van der Waals surface area (Å²) in [5.74, 6) is 0.769. The van der Waals surface area contributed by atoms with Gasteiger partial charge in [0.25, 0.3) is 5.91 Å². The molecule has 5 heteroatoms. The zero-order chi connectivity index (χ0) is 17.2. The molecule has 2 aliphatic heterocycles. The second-order valence-electron chi connectivity index (χ2n) is 6.49. The summed E-state index contributed by atoms with van der Waals surface area (Å²) < 4.78 is 5.61. The third-order valence-corrected chi connectivity index (χ3v) is 4.74. The van der Waals surface area contributed by atoms with Gasteiger partial charge in [0.2, 0.25) is 5.91 Å². The van der Waals surface area contributed by atoms with Crippen LogP contribution in [-0.2, 0) is 17.8 Å². The Bertz CT molecular complexity index is 831. The first-order valence-corrected chi connectivity index (χ1v) is 8.62. The topological polar surface area (TPSA) is 67.4 Å². The number of carbonyl (C=O) groups is 2. The molecule has 1 atom stereocenters. The van der Waals surface area contributed by atoms with Gasteiger partial charge in [-0.2, -0.15) is 0 Å². The molecule has 2 aromatic rings. The summed E-state index contributed by atoms with van der Waals surface area (Å²) in [5.41, 5.74) is 3.83. The lowest BCUT2D eigenvalue weighted by Crippen LogP contribution is -2.28. The van der Waals surface area contributed by atoms with Gasteiger partial charge in [-0.05, 0) is 41.7 Å². The van der Waals surface area contributed by atoms with Crippen LogP contribution in [0.25, 0.3) is 0 Å². The van der Waals surface area contributed by atoms with Gasteiger partial charge in [-0.1, -0.05) is 30.3 Å². The molecule has 2 heterocycles. The van der Waals surface area contributed by atoms with Gasteiger partial charge in [-0.3, -0.25) is 9.59 Å². The highest BCUT2D eigenvalue weighted by Crippen LogP contribution is 2.28. The summed E-state index contributed by atoms with van der Waals surface area (Å²) in [6, 6.07) is 13.2. The van der Waals surface area contributed by atoms with Gasteiger partial charge < -0.3 is 15.4 Å². The van der Waals surface area contributed by atoms with Crippen LogP contribution in [0.3, 0.4) is 0 Å². The lowest BCUT2D eigenvalue weighted by atomic mass is 10.0. The van der Waals surface area contributed by atoms with Crippen LogP contribution in [0.1, 0.15) is 45.9 Å². The highest BCUT2D eigenvalue weighted by molar-refractivity contribution is 5.99. The molecular formula is C20H20N2O3. The molecule has 0 bridgehead atoms. The SMILES string of the molecule is O=C(CC1NC(=O)c2ccccc21)NCc1ccc2c(c1)CCCO2. The summed E-state index contributed by atoms with van der Waals surface area (Å²) in [7, 11) is 0. The van der Waals surface area contributed by atoms with E-state index in [1.54, 1.807) is 6.07 Å². The van der Waals surface area contributed by atoms with Crippen molar-refractivity contribution < 1.29 is 14.3 Å². The lowest BCUT2D eigenvalue weighted by Gasteiger charge is -2.18. The van der Waals surface area contributed by atoms with Gasteiger partial charge >= 0.3 is 0 Å². The average Bonchev–Trinajstić information content (AvgIpc) is 2.96. The summed E-state index contributed by atoms with van der Waals surface area (Å²) in [4.78, 5) is 24.2. The number of aryl methyl sites for hydroxylation is 1. The van der Waals surface area contributed by atoms with Crippen molar-refractivity contribution in [3.05, 3.63) is 64.7 Å². The molecule has 0 fully saturated rings. The van der Waals surface area contributed by atoms with Crippen molar-refractivity contribution in [3.63, 3.8) is 0 Å². The molecule has 5 nitrogen and oxygen atoms in total. The second kappa shape index (κ2) is 6.59. The number of benzene rings is 2.